The Morgan fingerprint density at radius 2 is 1.35 bits per heavy atom. The van der Waals surface area contributed by atoms with Crippen molar-refractivity contribution in [1.29, 1.82) is 0 Å². The van der Waals surface area contributed by atoms with Gasteiger partial charge in [-0.2, -0.15) is 0 Å². The first kappa shape index (κ1) is 22.7. The molecule has 2 saturated heterocycles. The molecular formula is C18H40O5Si3. The van der Waals surface area contributed by atoms with Crippen LogP contribution < -0.4 is 0 Å². The van der Waals surface area contributed by atoms with Gasteiger partial charge in [0.25, 0.3) is 0 Å². The van der Waals surface area contributed by atoms with Gasteiger partial charge in [0.1, 0.15) is 23.9 Å². The number of hydrogen-bond acceptors (Lipinski definition) is 5. The molecule has 0 aromatic carbocycles. The molecule has 0 aromatic heterocycles. The van der Waals surface area contributed by atoms with Gasteiger partial charge in [-0.25, -0.2) is 0 Å². The molecule has 1 aliphatic carbocycles. The molecule has 5 atom stereocenters. The van der Waals surface area contributed by atoms with Crippen LogP contribution in [-0.4, -0.2) is 66.2 Å². The van der Waals surface area contributed by atoms with Crippen molar-refractivity contribution in [1.82, 2.24) is 0 Å². The highest BCUT2D eigenvalue weighted by Crippen LogP contribution is 2.53. The van der Waals surface area contributed by atoms with Crippen LogP contribution in [0, 0.1) is 0 Å². The molecule has 5 nitrogen and oxygen atoms in total. The molecule has 2 bridgehead atoms. The number of aliphatic hydroxyl groups excluding tert-OH is 1. The normalized spacial score (nSPS) is 38.7. The van der Waals surface area contributed by atoms with Crippen LogP contribution in [0.1, 0.15) is 19.8 Å². The lowest BCUT2D eigenvalue weighted by Gasteiger charge is -2.65. The van der Waals surface area contributed by atoms with Crippen molar-refractivity contribution < 1.29 is 23.1 Å². The Balaban J connectivity index is 2.55. The molecule has 5 unspecified atom stereocenters. The first-order valence-corrected chi connectivity index (χ1v) is 20.1. The first-order chi connectivity index (χ1) is 11.5. The molecule has 1 saturated carbocycles. The second-order valence-corrected chi connectivity index (χ2v) is 24.4. The number of fused-ring (bicyclic) bond motifs is 3. The standard InChI is InChI=1S/C18H40O5Si3/c1-17-11-12-18(14(13-19)20-17,23-26(8,9)10)16(22-25(5,6)7)15(17)21-24(2,3)4/h14-16,19H,11-13H2,1-10H3. The molecule has 2 heterocycles. The van der Waals surface area contributed by atoms with E-state index in [1.165, 1.54) is 0 Å². The summed E-state index contributed by atoms with van der Waals surface area (Å²) in [6.07, 6.45) is 0.996. The average molecular weight is 421 g/mol. The zero-order valence-corrected chi connectivity index (χ0v) is 21.4. The fourth-order valence-electron chi connectivity index (χ4n) is 4.25. The van der Waals surface area contributed by atoms with Crippen LogP contribution in [0.5, 0.6) is 0 Å². The summed E-state index contributed by atoms with van der Waals surface area (Å²) in [5.41, 5.74) is -1.07. The Hall–Kier alpha value is 0.451. The van der Waals surface area contributed by atoms with Gasteiger partial charge in [0.15, 0.2) is 25.0 Å². The maximum absolute atomic E-state index is 10.2. The summed E-state index contributed by atoms with van der Waals surface area (Å²) >= 11 is 0. The molecule has 8 heteroatoms. The Bertz CT molecular complexity index is 510. The van der Waals surface area contributed by atoms with Crippen molar-refractivity contribution in [2.45, 2.75) is 108 Å². The molecule has 1 N–H and O–H groups in total. The van der Waals surface area contributed by atoms with Crippen molar-refractivity contribution >= 4 is 25.0 Å². The predicted octanol–water partition coefficient (Wildman–Crippen LogP) is 3.96. The van der Waals surface area contributed by atoms with Crippen LogP contribution in [0.2, 0.25) is 58.9 Å². The summed E-state index contributed by atoms with van der Waals surface area (Å²) in [7, 11) is -5.59. The van der Waals surface area contributed by atoms with Gasteiger partial charge in [0, 0.05) is 0 Å². The van der Waals surface area contributed by atoms with Gasteiger partial charge in [-0.3, -0.25) is 0 Å². The lowest BCUT2D eigenvalue weighted by atomic mass is 9.67. The van der Waals surface area contributed by atoms with E-state index < -0.39 is 36.2 Å². The Kier molecular flexibility index (Phi) is 6.17. The van der Waals surface area contributed by atoms with Crippen LogP contribution in [0.25, 0.3) is 0 Å². The van der Waals surface area contributed by atoms with E-state index in [0.29, 0.717) is 0 Å². The van der Waals surface area contributed by atoms with Crippen LogP contribution >= 0.6 is 0 Å². The van der Waals surface area contributed by atoms with Crippen molar-refractivity contribution in [3.05, 3.63) is 0 Å². The molecule has 26 heavy (non-hydrogen) atoms. The van der Waals surface area contributed by atoms with E-state index in [0.717, 1.165) is 12.8 Å². The lowest BCUT2D eigenvalue weighted by molar-refractivity contribution is -0.328. The molecule has 0 spiro atoms. The maximum atomic E-state index is 10.2. The minimum absolute atomic E-state index is 0.0503. The molecule has 3 fully saturated rings. The van der Waals surface area contributed by atoms with E-state index in [1.54, 1.807) is 0 Å². The third kappa shape index (κ3) is 4.89. The fraction of sp³-hybridized carbons (Fsp3) is 1.00. The average Bonchev–Trinajstić information content (AvgIpc) is 2.39. The topological polar surface area (TPSA) is 57.2 Å². The monoisotopic (exact) mass is 420 g/mol. The van der Waals surface area contributed by atoms with Crippen LogP contribution in [-0.2, 0) is 18.0 Å². The summed E-state index contributed by atoms with van der Waals surface area (Å²) < 4.78 is 26.7. The zero-order chi connectivity index (χ0) is 20.2. The van der Waals surface area contributed by atoms with Crippen LogP contribution in [0.15, 0.2) is 0 Å². The molecule has 3 aliphatic rings. The molecule has 3 rings (SSSR count). The smallest absolute Gasteiger partial charge is 0.184 e. The summed E-state index contributed by atoms with van der Waals surface area (Å²) in [6.45, 7) is 21.9. The number of aliphatic hydroxyl groups is 1. The van der Waals surface area contributed by atoms with Gasteiger partial charge in [0.2, 0.25) is 0 Å². The second-order valence-electron chi connectivity index (χ2n) is 11.1. The highest BCUT2D eigenvalue weighted by molar-refractivity contribution is 6.70. The largest absolute Gasteiger partial charge is 0.409 e. The first-order valence-electron chi connectivity index (χ1n) is 9.86. The number of ether oxygens (including phenoxy) is 1. The van der Waals surface area contributed by atoms with Gasteiger partial charge in [-0.05, 0) is 78.7 Å². The van der Waals surface area contributed by atoms with E-state index in [4.69, 9.17) is 18.0 Å². The summed E-state index contributed by atoms with van der Waals surface area (Å²) in [4.78, 5) is 0. The predicted molar refractivity (Wildman–Crippen MR) is 113 cm³/mol. The lowest BCUT2D eigenvalue weighted by Crippen LogP contribution is -2.79. The van der Waals surface area contributed by atoms with Crippen LogP contribution in [0.3, 0.4) is 0 Å². The fourth-order valence-corrected chi connectivity index (χ4v) is 7.96. The Morgan fingerprint density at radius 1 is 0.846 bits per heavy atom. The van der Waals surface area contributed by atoms with E-state index >= 15 is 0 Å². The van der Waals surface area contributed by atoms with Gasteiger partial charge in [-0.15, -0.1) is 0 Å². The molecule has 0 amide bonds. The highest BCUT2D eigenvalue weighted by Gasteiger charge is 2.67. The van der Waals surface area contributed by atoms with Gasteiger partial charge in [-0.1, -0.05) is 0 Å². The minimum Gasteiger partial charge on any atom is -0.409 e. The quantitative estimate of drug-likeness (QED) is 0.632. The van der Waals surface area contributed by atoms with E-state index in [-0.39, 0.29) is 24.9 Å². The number of rotatable bonds is 7. The van der Waals surface area contributed by atoms with Crippen molar-refractivity contribution in [3.8, 4) is 0 Å². The van der Waals surface area contributed by atoms with E-state index in [2.05, 4.69) is 65.8 Å². The highest BCUT2D eigenvalue weighted by atomic mass is 28.4. The third-order valence-electron chi connectivity index (χ3n) is 4.95. The van der Waals surface area contributed by atoms with Gasteiger partial charge >= 0.3 is 0 Å². The molecule has 154 valence electrons. The van der Waals surface area contributed by atoms with Gasteiger partial charge in [0.05, 0.1) is 12.2 Å². The Labute approximate surface area is 163 Å². The van der Waals surface area contributed by atoms with Crippen LogP contribution in [0.4, 0.5) is 0 Å². The minimum atomic E-state index is -1.90. The maximum Gasteiger partial charge on any atom is 0.184 e. The molecular weight excluding hydrogens is 380 g/mol. The number of hydrogen-bond donors (Lipinski definition) is 1. The molecule has 0 aromatic rings. The SMILES string of the molecule is CC12CCC(O[Si](C)(C)C)(C(CO)O1)C(O[Si](C)(C)C)C2O[Si](C)(C)C. The zero-order valence-electron chi connectivity index (χ0n) is 18.4. The molecule has 0 radical (unpaired) electrons. The second kappa shape index (κ2) is 7.05. The van der Waals surface area contributed by atoms with Crippen molar-refractivity contribution in [2.75, 3.05) is 6.61 Å². The van der Waals surface area contributed by atoms with Gasteiger partial charge < -0.3 is 23.1 Å². The van der Waals surface area contributed by atoms with Crippen molar-refractivity contribution in [2.24, 2.45) is 0 Å². The summed E-state index contributed by atoms with van der Waals surface area (Å²) in [5, 5.41) is 10.2. The summed E-state index contributed by atoms with van der Waals surface area (Å²) in [5.74, 6) is 0. The Morgan fingerprint density at radius 3 is 1.77 bits per heavy atom. The van der Waals surface area contributed by atoms with E-state index in [9.17, 15) is 5.11 Å². The third-order valence-corrected chi connectivity index (χ3v) is 7.86. The summed E-state index contributed by atoms with van der Waals surface area (Å²) in [6, 6.07) is 0. The molecule has 2 aliphatic heterocycles. The van der Waals surface area contributed by atoms with Crippen molar-refractivity contribution in [3.63, 3.8) is 0 Å². The van der Waals surface area contributed by atoms with E-state index in [1.807, 2.05) is 0 Å².